The lowest BCUT2D eigenvalue weighted by Gasteiger charge is -2.27. The van der Waals surface area contributed by atoms with E-state index in [2.05, 4.69) is 0 Å². The molecule has 1 atom stereocenters. The van der Waals surface area contributed by atoms with Crippen molar-refractivity contribution in [2.75, 3.05) is 7.11 Å². The van der Waals surface area contributed by atoms with Gasteiger partial charge in [0, 0.05) is 12.0 Å². The SMILES string of the molecule is COC(=O)C1=C(c2ccccc2)C(O)(c2ccccc2)CC1=O. The van der Waals surface area contributed by atoms with Crippen LogP contribution in [0.4, 0.5) is 0 Å². The molecule has 0 saturated carbocycles. The zero-order valence-electron chi connectivity index (χ0n) is 12.7. The van der Waals surface area contributed by atoms with Crippen molar-refractivity contribution in [1.29, 1.82) is 0 Å². The highest BCUT2D eigenvalue weighted by Crippen LogP contribution is 2.47. The van der Waals surface area contributed by atoms with Crippen molar-refractivity contribution in [3.63, 3.8) is 0 Å². The first kappa shape index (κ1) is 15.2. The number of aliphatic hydroxyl groups is 1. The summed E-state index contributed by atoms with van der Waals surface area (Å²) in [6.07, 6.45) is -0.175. The number of hydrogen-bond donors (Lipinski definition) is 1. The second-order valence-electron chi connectivity index (χ2n) is 5.43. The molecule has 0 heterocycles. The van der Waals surface area contributed by atoms with Gasteiger partial charge in [0.05, 0.1) is 7.11 Å². The molecule has 1 aliphatic rings. The fourth-order valence-electron chi connectivity index (χ4n) is 3.02. The van der Waals surface area contributed by atoms with E-state index in [0.717, 1.165) is 0 Å². The molecular weight excluding hydrogens is 292 g/mol. The van der Waals surface area contributed by atoms with Gasteiger partial charge < -0.3 is 9.84 Å². The Morgan fingerprint density at radius 2 is 1.61 bits per heavy atom. The molecule has 0 bridgehead atoms. The molecule has 23 heavy (non-hydrogen) atoms. The Hall–Kier alpha value is -2.72. The number of carbonyl (C=O) groups excluding carboxylic acids is 2. The molecule has 4 nitrogen and oxygen atoms in total. The Morgan fingerprint density at radius 1 is 1.04 bits per heavy atom. The lowest BCUT2D eigenvalue weighted by Crippen LogP contribution is -2.25. The van der Waals surface area contributed by atoms with Crippen molar-refractivity contribution in [2.45, 2.75) is 12.0 Å². The lowest BCUT2D eigenvalue weighted by molar-refractivity contribution is -0.137. The molecule has 0 aliphatic heterocycles. The van der Waals surface area contributed by atoms with E-state index in [9.17, 15) is 14.7 Å². The summed E-state index contributed by atoms with van der Waals surface area (Å²) in [6, 6.07) is 17.9. The molecular formula is C19H16O4. The lowest BCUT2D eigenvalue weighted by atomic mass is 9.83. The third-order valence-corrected chi connectivity index (χ3v) is 4.06. The minimum atomic E-state index is -1.54. The van der Waals surface area contributed by atoms with Crippen LogP contribution in [0, 0.1) is 0 Å². The summed E-state index contributed by atoms with van der Waals surface area (Å²) >= 11 is 0. The van der Waals surface area contributed by atoms with Gasteiger partial charge in [0.2, 0.25) is 0 Å². The van der Waals surface area contributed by atoms with Crippen molar-refractivity contribution < 1.29 is 19.4 Å². The van der Waals surface area contributed by atoms with Crippen LogP contribution in [-0.4, -0.2) is 24.0 Å². The van der Waals surface area contributed by atoms with E-state index in [4.69, 9.17) is 4.74 Å². The van der Waals surface area contributed by atoms with Crippen LogP contribution in [0.15, 0.2) is 66.2 Å². The van der Waals surface area contributed by atoms with Crippen LogP contribution in [0.25, 0.3) is 5.57 Å². The van der Waals surface area contributed by atoms with Gasteiger partial charge in [0.25, 0.3) is 0 Å². The van der Waals surface area contributed by atoms with E-state index in [-0.39, 0.29) is 12.0 Å². The monoisotopic (exact) mass is 308 g/mol. The molecule has 0 spiro atoms. The molecule has 1 unspecified atom stereocenters. The van der Waals surface area contributed by atoms with E-state index < -0.39 is 17.4 Å². The summed E-state index contributed by atoms with van der Waals surface area (Å²) in [4.78, 5) is 24.5. The summed E-state index contributed by atoms with van der Waals surface area (Å²) < 4.78 is 4.76. The number of carbonyl (C=O) groups is 2. The summed E-state index contributed by atoms with van der Waals surface area (Å²) in [5, 5.41) is 11.3. The number of rotatable bonds is 3. The van der Waals surface area contributed by atoms with Crippen LogP contribution in [0.5, 0.6) is 0 Å². The normalized spacial score (nSPS) is 20.7. The number of hydrogen-bond acceptors (Lipinski definition) is 4. The number of Topliss-reactive ketones (excluding diaryl/α,β-unsaturated/α-hetero) is 1. The van der Waals surface area contributed by atoms with E-state index in [1.54, 1.807) is 48.5 Å². The van der Waals surface area contributed by atoms with Crippen molar-refractivity contribution in [3.05, 3.63) is 77.4 Å². The summed E-state index contributed by atoms with van der Waals surface area (Å²) in [7, 11) is 1.23. The smallest absolute Gasteiger partial charge is 0.341 e. The Bertz CT molecular complexity index is 778. The maximum Gasteiger partial charge on any atom is 0.341 e. The average molecular weight is 308 g/mol. The van der Waals surface area contributed by atoms with Gasteiger partial charge in [-0.25, -0.2) is 4.79 Å². The zero-order chi connectivity index (χ0) is 16.4. The minimum absolute atomic E-state index is 0.0787. The average Bonchev–Trinajstić information content (AvgIpc) is 2.87. The number of esters is 1. The maximum absolute atomic E-state index is 12.4. The molecule has 0 saturated heterocycles. The van der Waals surface area contributed by atoms with Gasteiger partial charge in [-0.2, -0.15) is 0 Å². The van der Waals surface area contributed by atoms with Gasteiger partial charge in [-0.05, 0) is 11.1 Å². The van der Waals surface area contributed by atoms with Gasteiger partial charge in [-0.1, -0.05) is 60.7 Å². The van der Waals surface area contributed by atoms with Gasteiger partial charge in [-0.15, -0.1) is 0 Å². The van der Waals surface area contributed by atoms with Crippen molar-refractivity contribution in [1.82, 2.24) is 0 Å². The highest BCUT2D eigenvalue weighted by atomic mass is 16.5. The van der Waals surface area contributed by atoms with E-state index >= 15 is 0 Å². The Balaban J connectivity index is 2.28. The quantitative estimate of drug-likeness (QED) is 0.699. The van der Waals surface area contributed by atoms with Crippen LogP contribution < -0.4 is 0 Å². The highest BCUT2D eigenvalue weighted by Gasteiger charge is 2.48. The first-order chi connectivity index (χ1) is 11.1. The topological polar surface area (TPSA) is 63.6 Å². The van der Waals surface area contributed by atoms with Crippen molar-refractivity contribution in [3.8, 4) is 0 Å². The summed E-state index contributed by atoms with van der Waals surface area (Å²) in [6.45, 7) is 0. The molecule has 0 radical (unpaired) electrons. The molecule has 3 rings (SSSR count). The molecule has 1 N–H and O–H groups in total. The summed E-state index contributed by atoms with van der Waals surface area (Å²) in [5.74, 6) is -1.14. The Labute approximate surface area is 134 Å². The predicted molar refractivity (Wildman–Crippen MR) is 85.3 cm³/mol. The van der Waals surface area contributed by atoms with Gasteiger partial charge in [-0.3, -0.25) is 4.79 Å². The standard InChI is InChI=1S/C19H16O4/c1-23-18(21)16-15(20)12-19(22,14-10-6-3-7-11-14)17(16)13-8-4-2-5-9-13/h2-11,22H,12H2,1H3. The molecule has 116 valence electrons. The fourth-order valence-corrected chi connectivity index (χ4v) is 3.02. The van der Waals surface area contributed by atoms with Crippen LogP contribution in [0.1, 0.15) is 17.5 Å². The molecule has 1 aliphatic carbocycles. The second-order valence-corrected chi connectivity index (χ2v) is 5.43. The van der Waals surface area contributed by atoms with Crippen molar-refractivity contribution >= 4 is 17.3 Å². The molecule has 0 aromatic heterocycles. The Morgan fingerprint density at radius 3 is 2.17 bits per heavy atom. The second kappa shape index (κ2) is 5.82. The number of benzene rings is 2. The molecule has 4 heteroatoms. The van der Waals surface area contributed by atoms with Crippen LogP contribution in [0.3, 0.4) is 0 Å². The Kier molecular flexibility index (Phi) is 3.84. The van der Waals surface area contributed by atoms with E-state index in [1.165, 1.54) is 7.11 Å². The third-order valence-electron chi connectivity index (χ3n) is 4.06. The van der Waals surface area contributed by atoms with Gasteiger partial charge >= 0.3 is 5.97 Å². The van der Waals surface area contributed by atoms with E-state index in [1.807, 2.05) is 12.1 Å². The van der Waals surface area contributed by atoms with E-state index in [0.29, 0.717) is 16.7 Å². The molecule has 0 fully saturated rings. The first-order valence-electron chi connectivity index (χ1n) is 7.27. The first-order valence-corrected chi connectivity index (χ1v) is 7.27. The van der Waals surface area contributed by atoms with Gasteiger partial charge in [0.1, 0.15) is 11.2 Å². The van der Waals surface area contributed by atoms with Crippen LogP contribution in [0.2, 0.25) is 0 Å². The van der Waals surface area contributed by atoms with Crippen LogP contribution in [-0.2, 0) is 19.9 Å². The number of methoxy groups -OCH3 is 1. The molecule has 2 aromatic rings. The summed E-state index contributed by atoms with van der Waals surface area (Å²) in [5.41, 5.74) is -0.106. The maximum atomic E-state index is 12.4. The predicted octanol–water partition coefficient (Wildman–Crippen LogP) is 2.47. The molecule has 2 aromatic carbocycles. The molecule has 0 amide bonds. The zero-order valence-corrected chi connectivity index (χ0v) is 12.7. The van der Waals surface area contributed by atoms with Gasteiger partial charge in [0.15, 0.2) is 5.78 Å². The number of ketones is 1. The largest absolute Gasteiger partial charge is 0.465 e. The highest BCUT2D eigenvalue weighted by molar-refractivity contribution is 6.27. The fraction of sp³-hybridized carbons (Fsp3) is 0.158. The van der Waals surface area contributed by atoms with Crippen LogP contribution >= 0.6 is 0 Å². The van der Waals surface area contributed by atoms with Crippen molar-refractivity contribution in [2.24, 2.45) is 0 Å². The minimum Gasteiger partial charge on any atom is -0.465 e. The third kappa shape index (κ3) is 2.47. The number of ether oxygens (including phenoxy) is 1.